The lowest BCUT2D eigenvalue weighted by Crippen LogP contribution is -2.49. The number of rotatable bonds is 3. The molecule has 0 radical (unpaired) electrons. The quantitative estimate of drug-likeness (QED) is 0.803. The molecule has 0 aliphatic carbocycles. The van der Waals surface area contributed by atoms with Gasteiger partial charge in [0.15, 0.2) is 0 Å². The molecule has 1 saturated heterocycles. The number of anilines is 1. The van der Waals surface area contributed by atoms with Crippen molar-refractivity contribution in [2.75, 3.05) is 37.7 Å². The molecule has 3 heterocycles. The van der Waals surface area contributed by atoms with Crippen molar-refractivity contribution in [2.45, 2.75) is 12.6 Å². The molecule has 0 aromatic heterocycles. The summed E-state index contributed by atoms with van der Waals surface area (Å²) in [4.78, 5) is 44.2. The first-order chi connectivity index (χ1) is 14.2. The average molecular weight is 391 g/mol. The molecule has 3 aliphatic heterocycles. The summed E-state index contributed by atoms with van der Waals surface area (Å²) in [6, 6.07) is 14.5. The molecular weight excluding hydrogens is 370 g/mol. The molecule has 148 valence electrons. The van der Waals surface area contributed by atoms with Crippen molar-refractivity contribution in [1.82, 2.24) is 9.80 Å². The second-order valence-electron chi connectivity index (χ2n) is 7.39. The van der Waals surface area contributed by atoms with Crippen LogP contribution in [0.3, 0.4) is 0 Å². The third-order valence-corrected chi connectivity index (χ3v) is 5.81. The van der Waals surface area contributed by atoms with Gasteiger partial charge >= 0.3 is 0 Å². The monoisotopic (exact) mass is 391 g/mol. The van der Waals surface area contributed by atoms with Crippen molar-refractivity contribution in [3.05, 3.63) is 65.2 Å². The fourth-order valence-electron chi connectivity index (χ4n) is 4.39. The summed E-state index contributed by atoms with van der Waals surface area (Å²) in [7, 11) is 0. The summed E-state index contributed by atoms with van der Waals surface area (Å²) in [5.74, 6) is -0.264. The molecule has 2 aromatic carbocycles. The van der Waals surface area contributed by atoms with Crippen LogP contribution in [0.5, 0.6) is 0 Å². The lowest BCUT2D eigenvalue weighted by molar-refractivity contribution is -0.135. The van der Waals surface area contributed by atoms with Gasteiger partial charge in [-0.25, -0.2) is 0 Å². The van der Waals surface area contributed by atoms with E-state index in [1.54, 1.807) is 39.0 Å². The zero-order valence-corrected chi connectivity index (χ0v) is 15.9. The molecule has 1 unspecified atom stereocenters. The molecular formula is C22H21N3O4. The number of morpholine rings is 1. The second-order valence-corrected chi connectivity index (χ2v) is 7.39. The lowest BCUT2D eigenvalue weighted by Gasteiger charge is -2.41. The predicted octanol–water partition coefficient (Wildman–Crippen LogP) is 2.05. The first-order valence-corrected chi connectivity index (χ1v) is 9.85. The Morgan fingerprint density at radius 2 is 1.62 bits per heavy atom. The summed E-state index contributed by atoms with van der Waals surface area (Å²) < 4.78 is 5.31. The Kier molecular flexibility index (Phi) is 4.32. The zero-order chi connectivity index (χ0) is 20.0. The summed E-state index contributed by atoms with van der Waals surface area (Å²) >= 11 is 0. The molecule has 0 bridgehead atoms. The van der Waals surface area contributed by atoms with E-state index in [0.717, 1.165) is 5.56 Å². The van der Waals surface area contributed by atoms with Crippen molar-refractivity contribution in [2.24, 2.45) is 0 Å². The van der Waals surface area contributed by atoms with E-state index in [1.165, 1.54) is 0 Å². The highest BCUT2D eigenvalue weighted by Gasteiger charge is 2.47. The van der Waals surface area contributed by atoms with Crippen LogP contribution in [-0.2, 0) is 9.53 Å². The van der Waals surface area contributed by atoms with Gasteiger partial charge in [0.25, 0.3) is 11.8 Å². The van der Waals surface area contributed by atoms with Crippen molar-refractivity contribution in [3.63, 3.8) is 0 Å². The minimum atomic E-state index is -0.515. The topological polar surface area (TPSA) is 70.2 Å². The van der Waals surface area contributed by atoms with E-state index < -0.39 is 6.17 Å². The number of carbonyl (C=O) groups excluding carboxylic acids is 3. The lowest BCUT2D eigenvalue weighted by atomic mass is 10.0. The Balaban J connectivity index is 1.48. The van der Waals surface area contributed by atoms with E-state index in [9.17, 15) is 14.4 Å². The number of hydrogen-bond acceptors (Lipinski definition) is 4. The van der Waals surface area contributed by atoms with Gasteiger partial charge in [-0.15, -0.1) is 0 Å². The maximum Gasteiger partial charge on any atom is 0.260 e. The van der Waals surface area contributed by atoms with E-state index in [4.69, 9.17) is 4.74 Å². The van der Waals surface area contributed by atoms with E-state index in [2.05, 4.69) is 0 Å². The third-order valence-electron chi connectivity index (χ3n) is 5.81. The van der Waals surface area contributed by atoms with E-state index in [1.807, 2.05) is 24.3 Å². The van der Waals surface area contributed by atoms with Gasteiger partial charge in [-0.3, -0.25) is 19.3 Å². The highest BCUT2D eigenvalue weighted by Crippen LogP contribution is 2.45. The highest BCUT2D eigenvalue weighted by atomic mass is 16.5. The molecule has 3 amide bonds. The van der Waals surface area contributed by atoms with Crippen LogP contribution in [0.1, 0.15) is 38.9 Å². The van der Waals surface area contributed by atoms with Gasteiger partial charge in [-0.05, 0) is 18.2 Å². The Hall–Kier alpha value is -3.19. The largest absolute Gasteiger partial charge is 0.378 e. The van der Waals surface area contributed by atoms with E-state index >= 15 is 0 Å². The number of hydrogen-bond donors (Lipinski definition) is 0. The van der Waals surface area contributed by atoms with Gasteiger partial charge in [0.2, 0.25) is 5.91 Å². The Labute approximate surface area is 168 Å². The Morgan fingerprint density at radius 1 is 0.931 bits per heavy atom. The maximum atomic E-state index is 13.3. The minimum absolute atomic E-state index is 0.00381. The summed E-state index contributed by atoms with van der Waals surface area (Å²) in [6.07, 6.45) is -0.298. The number of ether oxygens (including phenoxy) is 1. The first kappa shape index (κ1) is 17.9. The zero-order valence-electron chi connectivity index (χ0n) is 15.9. The fourth-order valence-corrected chi connectivity index (χ4v) is 4.39. The van der Waals surface area contributed by atoms with Crippen LogP contribution in [0, 0.1) is 0 Å². The van der Waals surface area contributed by atoms with Crippen LogP contribution in [0.25, 0.3) is 0 Å². The van der Waals surface area contributed by atoms with E-state index in [-0.39, 0.29) is 30.7 Å². The number of para-hydroxylation sites is 1. The van der Waals surface area contributed by atoms with Crippen molar-refractivity contribution >= 4 is 23.4 Å². The molecule has 0 spiro atoms. The van der Waals surface area contributed by atoms with Crippen LogP contribution in [0.15, 0.2) is 48.5 Å². The number of amides is 3. The summed E-state index contributed by atoms with van der Waals surface area (Å²) in [5.41, 5.74) is 2.52. The van der Waals surface area contributed by atoms with Crippen molar-refractivity contribution < 1.29 is 19.1 Å². The minimum Gasteiger partial charge on any atom is -0.378 e. The molecule has 1 atom stereocenters. The maximum absolute atomic E-state index is 13.3. The van der Waals surface area contributed by atoms with Crippen molar-refractivity contribution in [1.29, 1.82) is 0 Å². The molecule has 0 N–H and O–H groups in total. The van der Waals surface area contributed by atoms with Gasteiger partial charge in [0, 0.05) is 37.2 Å². The normalized spacial score (nSPS) is 20.4. The van der Waals surface area contributed by atoms with Crippen LogP contribution in [-0.4, -0.2) is 60.4 Å². The predicted molar refractivity (Wildman–Crippen MR) is 105 cm³/mol. The summed E-state index contributed by atoms with van der Waals surface area (Å²) in [5, 5.41) is 0. The number of fused-ring (bicyclic) bond motifs is 5. The Morgan fingerprint density at radius 3 is 2.41 bits per heavy atom. The molecule has 1 fully saturated rings. The van der Waals surface area contributed by atoms with Gasteiger partial charge in [-0.2, -0.15) is 0 Å². The van der Waals surface area contributed by atoms with Gasteiger partial charge in [-0.1, -0.05) is 30.3 Å². The standard InChI is InChI=1S/C22H21N3O4/c26-19(23-11-13-29-14-12-23)9-10-24-20-15-5-1-2-6-16(15)22(28)25(20)18-8-4-3-7-17(18)21(24)27/h1-8,20H,9-14H2. The van der Waals surface area contributed by atoms with E-state index in [0.29, 0.717) is 43.1 Å². The molecule has 7 heteroatoms. The van der Waals surface area contributed by atoms with Crippen LogP contribution < -0.4 is 4.90 Å². The third kappa shape index (κ3) is 2.81. The fraction of sp³-hybridized carbons (Fsp3) is 0.318. The van der Waals surface area contributed by atoms with Gasteiger partial charge in [0.05, 0.1) is 24.5 Å². The first-order valence-electron chi connectivity index (χ1n) is 9.85. The molecule has 7 nitrogen and oxygen atoms in total. The van der Waals surface area contributed by atoms with Gasteiger partial charge < -0.3 is 14.5 Å². The van der Waals surface area contributed by atoms with Crippen LogP contribution >= 0.6 is 0 Å². The SMILES string of the molecule is O=C(CCN1C(=O)c2ccccc2N2C(=O)c3ccccc3C12)N1CCOCC1. The molecule has 2 aromatic rings. The number of benzene rings is 2. The van der Waals surface area contributed by atoms with Gasteiger partial charge in [0.1, 0.15) is 6.17 Å². The number of carbonyl (C=O) groups is 3. The molecule has 29 heavy (non-hydrogen) atoms. The molecule has 0 saturated carbocycles. The average Bonchev–Trinajstić information content (AvgIpc) is 3.07. The van der Waals surface area contributed by atoms with Crippen LogP contribution in [0.2, 0.25) is 0 Å². The summed E-state index contributed by atoms with van der Waals surface area (Å²) in [6.45, 7) is 2.49. The smallest absolute Gasteiger partial charge is 0.260 e. The van der Waals surface area contributed by atoms with Crippen molar-refractivity contribution in [3.8, 4) is 0 Å². The van der Waals surface area contributed by atoms with Crippen LogP contribution in [0.4, 0.5) is 5.69 Å². The Bertz CT molecular complexity index is 999. The molecule has 3 aliphatic rings. The second kappa shape index (κ2) is 7.00. The molecule has 5 rings (SSSR count). The highest BCUT2D eigenvalue weighted by molar-refractivity contribution is 6.16. The number of nitrogens with zero attached hydrogens (tertiary/aromatic N) is 3.